The Balaban J connectivity index is 2.15. The third-order valence-electron chi connectivity index (χ3n) is 3.11. The van der Waals surface area contributed by atoms with Gasteiger partial charge in [0.2, 0.25) is 0 Å². The van der Waals surface area contributed by atoms with E-state index in [1.807, 2.05) is 45.0 Å². The molecule has 0 saturated carbocycles. The molecule has 1 aliphatic rings. The molecule has 0 bridgehead atoms. The fourth-order valence-corrected chi connectivity index (χ4v) is 2.56. The van der Waals surface area contributed by atoms with Crippen molar-refractivity contribution in [2.24, 2.45) is 0 Å². The highest BCUT2D eigenvalue weighted by molar-refractivity contribution is 6.30. The smallest absolute Gasteiger partial charge is 0.410 e. The zero-order valence-electron chi connectivity index (χ0n) is 11.6. The molecule has 0 spiro atoms. The van der Waals surface area contributed by atoms with Gasteiger partial charge in [0.15, 0.2) is 0 Å². The van der Waals surface area contributed by atoms with Gasteiger partial charge in [-0.05, 0) is 51.3 Å². The van der Waals surface area contributed by atoms with Gasteiger partial charge in [-0.3, -0.25) is 0 Å². The topological polar surface area (TPSA) is 29.5 Å². The Morgan fingerprint density at radius 2 is 2.16 bits per heavy atom. The van der Waals surface area contributed by atoms with Crippen molar-refractivity contribution in [3.63, 3.8) is 0 Å². The summed E-state index contributed by atoms with van der Waals surface area (Å²) in [7, 11) is 0. The van der Waals surface area contributed by atoms with Gasteiger partial charge >= 0.3 is 6.09 Å². The number of nitrogens with zero attached hydrogens (tertiary/aromatic N) is 1. The van der Waals surface area contributed by atoms with E-state index >= 15 is 0 Å². The third-order valence-corrected chi connectivity index (χ3v) is 3.35. The van der Waals surface area contributed by atoms with Crippen LogP contribution in [0.25, 0.3) is 0 Å². The zero-order chi connectivity index (χ0) is 14.0. The second kappa shape index (κ2) is 5.41. The predicted molar refractivity (Wildman–Crippen MR) is 76.4 cm³/mol. The van der Waals surface area contributed by atoms with Crippen LogP contribution in [0.3, 0.4) is 0 Å². The van der Waals surface area contributed by atoms with Crippen LogP contribution in [-0.2, 0) is 4.74 Å². The number of halogens is 1. The number of amides is 1. The van der Waals surface area contributed by atoms with Gasteiger partial charge in [-0.15, -0.1) is 0 Å². The van der Waals surface area contributed by atoms with Crippen molar-refractivity contribution >= 4 is 17.7 Å². The molecule has 4 heteroatoms. The fourth-order valence-electron chi connectivity index (χ4n) is 2.37. The minimum atomic E-state index is -0.460. The molecule has 1 aliphatic heterocycles. The number of rotatable bonds is 1. The first-order valence-electron chi connectivity index (χ1n) is 6.62. The molecule has 1 fully saturated rings. The first-order valence-corrected chi connectivity index (χ1v) is 7.00. The molecule has 104 valence electrons. The van der Waals surface area contributed by atoms with Crippen molar-refractivity contribution in [1.29, 1.82) is 0 Å². The van der Waals surface area contributed by atoms with E-state index in [2.05, 4.69) is 0 Å². The Bertz CT molecular complexity index is 467. The van der Waals surface area contributed by atoms with Crippen molar-refractivity contribution in [1.82, 2.24) is 4.90 Å². The van der Waals surface area contributed by atoms with Crippen molar-refractivity contribution in [3.8, 4) is 0 Å². The first kappa shape index (κ1) is 14.2. The standard InChI is InChI=1S/C15H20ClNO2/c1-15(2,3)19-14(18)17-9-5-8-13(17)11-6-4-7-12(16)10-11/h4,6-7,10,13H,5,8-9H2,1-3H3/t13-/m1/s1. The van der Waals surface area contributed by atoms with E-state index in [1.54, 1.807) is 4.90 Å². The number of hydrogen-bond donors (Lipinski definition) is 0. The van der Waals surface area contributed by atoms with Crippen molar-refractivity contribution < 1.29 is 9.53 Å². The summed E-state index contributed by atoms with van der Waals surface area (Å²) in [4.78, 5) is 14.0. The number of benzene rings is 1. The lowest BCUT2D eigenvalue weighted by Gasteiger charge is -2.28. The molecule has 1 aromatic rings. The van der Waals surface area contributed by atoms with E-state index in [-0.39, 0.29) is 12.1 Å². The monoisotopic (exact) mass is 281 g/mol. The van der Waals surface area contributed by atoms with Crippen molar-refractivity contribution in [3.05, 3.63) is 34.9 Å². The van der Waals surface area contributed by atoms with E-state index in [0.717, 1.165) is 24.9 Å². The molecule has 0 aromatic heterocycles. The lowest BCUT2D eigenvalue weighted by Crippen LogP contribution is -2.36. The maximum atomic E-state index is 12.2. The Labute approximate surface area is 119 Å². The van der Waals surface area contributed by atoms with Gasteiger partial charge in [0, 0.05) is 11.6 Å². The molecule has 2 rings (SSSR count). The summed E-state index contributed by atoms with van der Waals surface area (Å²) in [5, 5.41) is 0.702. The van der Waals surface area contributed by atoms with Crippen LogP contribution in [0, 0.1) is 0 Å². The summed E-state index contributed by atoms with van der Waals surface area (Å²) in [5.74, 6) is 0. The van der Waals surface area contributed by atoms with Crippen LogP contribution < -0.4 is 0 Å². The zero-order valence-corrected chi connectivity index (χ0v) is 12.4. The summed E-state index contributed by atoms with van der Waals surface area (Å²) in [5.41, 5.74) is 0.620. The number of carbonyl (C=O) groups is 1. The van der Waals surface area contributed by atoms with Gasteiger partial charge in [-0.2, -0.15) is 0 Å². The van der Waals surface area contributed by atoms with Crippen LogP contribution in [0.1, 0.15) is 45.2 Å². The van der Waals surface area contributed by atoms with Gasteiger partial charge < -0.3 is 9.64 Å². The van der Waals surface area contributed by atoms with Gasteiger partial charge in [-0.25, -0.2) is 4.79 Å². The van der Waals surface area contributed by atoms with Gasteiger partial charge in [0.05, 0.1) is 6.04 Å². The molecule has 0 radical (unpaired) electrons. The van der Waals surface area contributed by atoms with E-state index in [4.69, 9.17) is 16.3 Å². The van der Waals surface area contributed by atoms with Crippen molar-refractivity contribution in [2.75, 3.05) is 6.54 Å². The summed E-state index contributed by atoms with van der Waals surface area (Å²) in [6.07, 6.45) is 1.71. The van der Waals surface area contributed by atoms with Gasteiger partial charge in [0.1, 0.15) is 5.60 Å². The highest BCUT2D eigenvalue weighted by atomic mass is 35.5. The third kappa shape index (κ3) is 3.63. The lowest BCUT2D eigenvalue weighted by molar-refractivity contribution is 0.0224. The molecule has 0 unspecified atom stereocenters. The molecule has 1 amide bonds. The van der Waals surface area contributed by atoms with Crippen LogP contribution in [0.4, 0.5) is 4.79 Å². The van der Waals surface area contributed by atoms with E-state index < -0.39 is 5.60 Å². The van der Waals surface area contributed by atoms with E-state index in [9.17, 15) is 4.79 Å². The number of likely N-dealkylation sites (tertiary alicyclic amines) is 1. The molecule has 0 N–H and O–H groups in total. The molecule has 0 aliphatic carbocycles. The van der Waals surface area contributed by atoms with Crippen LogP contribution in [0.5, 0.6) is 0 Å². The van der Waals surface area contributed by atoms with Gasteiger partial charge in [-0.1, -0.05) is 23.7 Å². The average Bonchev–Trinajstić information content (AvgIpc) is 2.75. The first-order chi connectivity index (χ1) is 8.87. The number of ether oxygens (including phenoxy) is 1. The summed E-state index contributed by atoms with van der Waals surface area (Å²) in [6.45, 7) is 6.40. The molecule has 1 heterocycles. The summed E-state index contributed by atoms with van der Waals surface area (Å²) >= 11 is 6.02. The van der Waals surface area contributed by atoms with Crippen LogP contribution >= 0.6 is 11.6 Å². The van der Waals surface area contributed by atoms with Crippen LogP contribution in [-0.4, -0.2) is 23.1 Å². The highest BCUT2D eigenvalue weighted by Gasteiger charge is 2.33. The molecule has 1 saturated heterocycles. The Kier molecular flexibility index (Phi) is 4.04. The molecule has 1 aromatic carbocycles. The maximum absolute atomic E-state index is 12.2. The molecular formula is C15H20ClNO2. The van der Waals surface area contributed by atoms with E-state index in [1.165, 1.54) is 0 Å². The molecule has 1 atom stereocenters. The second-order valence-electron chi connectivity index (χ2n) is 5.89. The number of carbonyl (C=O) groups excluding carboxylic acids is 1. The van der Waals surface area contributed by atoms with Crippen LogP contribution in [0.2, 0.25) is 5.02 Å². The number of hydrogen-bond acceptors (Lipinski definition) is 2. The normalized spacial score (nSPS) is 19.6. The fraction of sp³-hybridized carbons (Fsp3) is 0.533. The highest BCUT2D eigenvalue weighted by Crippen LogP contribution is 2.34. The molecule has 3 nitrogen and oxygen atoms in total. The minimum Gasteiger partial charge on any atom is -0.444 e. The molecule has 19 heavy (non-hydrogen) atoms. The quantitative estimate of drug-likeness (QED) is 0.763. The Morgan fingerprint density at radius 1 is 1.42 bits per heavy atom. The predicted octanol–water partition coefficient (Wildman–Crippen LogP) is 4.41. The summed E-state index contributed by atoms with van der Waals surface area (Å²) < 4.78 is 5.46. The SMILES string of the molecule is CC(C)(C)OC(=O)N1CCC[C@@H]1c1cccc(Cl)c1. The summed E-state index contributed by atoms with van der Waals surface area (Å²) in [6, 6.07) is 7.78. The second-order valence-corrected chi connectivity index (χ2v) is 6.32. The minimum absolute atomic E-state index is 0.0774. The van der Waals surface area contributed by atoms with Crippen LogP contribution in [0.15, 0.2) is 24.3 Å². The maximum Gasteiger partial charge on any atom is 0.410 e. The largest absolute Gasteiger partial charge is 0.444 e. The Hall–Kier alpha value is -1.22. The van der Waals surface area contributed by atoms with Crippen molar-refractivity contribution in [2.45, 2.75) is 45.3 Å². The lowest BCUT2D eigenvalue weighted by atomic mass is 10.1. The Morgan fingerprint density at radius 3 is 2.79 bits per heavy atom. The molecular weight excluding hydrogens is 262 g/mol. The van der Waals surface area contributed by atoms with E-state index in [0.29, 0.717) is 5.02 Å². The average molecular weight is 282 g/mol. The van der Waals surface area contributed by atoms with Gasteiger partial charge in [0.25, 0.3) is 0 Å².